The molecule has 1 aromatic carbocycles. The summed E-state index contributed by atoms with van der Waals surface area (Å²) < 4.78 is 31.6. The lowest BCUT2D eigenvalue weighted by Gasteiger charge is -2.35. The second kappa shape index (κ2) is 5.97. The maximum Gasteiger partial charge on any atom is 0.410 e. The number of piperazine rings is 1. The molecule has 0 spiro atoms. The topological polar surface area (TPSA) is 41.6 Å². The van der Waals surface area contributed by atoms with E-state index in [9.17, 15) is 13.6 Å². The highest BCUT2D eigenvalue weighted by molar-refractivity contribution is 5.68. The van der Waals surface area contributed by atoms with E-state index in [0.29, 0.717) is 25.2 Å². The van der Waals surface area contributed by atoms with Gasteiger partial charge in [-0.05, 0) is 38.5 Å². The van der Waals surface area contributed by atoms with Crippen molar-refractivity contribution in [1.82, 2.24) is 10.2 Å². The van der Waals surface area contributed by atoms with Crippen LogP contribution < -0.4 is 5.32 Å². The number of nitrogens with zero attached hydrogens (tertiary/aromatic N) is 1. The molecule has 4 nitrogen and oxygen atoms in total. The first-order chi connectivity index (χ1) is 9.76. The number of rotatable bonds is 1. The Morgan fingerprint density at radius 2 is 2.05 bits per heavy atom. The Morgan fingerprint density at radius 3 is 2.67 bits per heavy atom. The van der Waals surface area contributed by atoms with E-state index in [-0.39, 0.29) is 6.04 Å². The fourth-order valence-electron chi connectivity index (χ4n) is 2.19. The quantitative estimate of drug-likeness (QED) is 0.867. The summed E-state index contributed by atoms with van der Waals surface area (Å²) >= 11 is 0. The first kappa shape index (κ1) is 15.7. The molecule has 1 aliphatic heterocycles. The summed E-state index contributed by atoms with van der Waals surface area (Å²) in [5.41, 5.74) is 0.0570. The Balaban J connectivity index is 2.06. The summed E-state index contributed by atoms with van der Waals surface area (Å²) in [5, 5.41) is 3.19. The second-order valence-corrected chi connectivity index (χ2v) is 6.11. The van der Waals surface area contributed by atoms with Crippen LogP contribution in [-0.2, 0) is 4.74 Å². The number of benzene rings is 1. The predicted molar refractivity (Wildman–Crippen MR) is 74.9 cm³/mol. The monoisotopic (exact) mass is 298 g/mol. The molecule has 0 saturated carbocycles. The van der Waals surface area contributed by atoms with Gasteiger partial charge in [0.1, 0.15) is 5.60 Å². The van der Waals surface area contributed by atoms with E-state index in [4.69, 9.17) is 4.74 Å². The lowest BCUT2D eigenvalue weighted by Crippen LogP contribution is -2.49. The van der Waals surface area contributed by atoms with Gasteiger partial charge in [-0.15, -0.1) is 0 Å². The van der Waals surface area contributed by atoms with Crippen LogP contribution in [0.25, 0.3) is 0 Å². The predicted octanol–water partition coefficient (Wildman–Crippen LogP) is 2.85. The summed E-state index contributed by atoms with van der Waals surface area (Å²) in [6.07, 6.45) is -0.392. The molecule has 0 radical (unpaired) electrons. The molecule has 1 N–H and O–H groups in total. The number of hydrogen-bond acceptors (Lipinski definition) is 3. The standard InChI is InChI=1S/C15H20F2N2O2/c1-15(2,3)21-14(20)19-7-6-18-13(9-19)10-4-5-11(16)12(17)8-10/h4-5,8,13,18H,6-7,9H2,1-3H3/t13-/m0/s1. The molecule has 0 unspecified atom stereocenters. The van der Waals surface area contributed by atoms with E-state index in [1.807, 2.05) is 0 Å². The molecule has 116 valence electrons. The van der Waals surface area contributed by atoms with Crippen molar-refractivity contribution in [2.24, 2.45) is 0 Å². The van der Waals surface area contributed by atoms with Crippen LogP contribution in [0.1, 0.15) is 32.4 Å². The zero-order chi connectivity index (χ0) is 15.6. The fourth-order valence-corrected chi connectivity index (χ4v) is 2.19. The summed E-state index contributed by atoms with van der Waals surface area (Å²) in [6.45, 7) is 6.87. The molecule has 1 atom stereocenters. The highest BCUT2D eigenvalue weighted by Gasteiger charge is 2.28. The van der Waals surface area contributed by atoms with Crippen LogP contribution in [-0.4, -0.2) is 36.2 Å². The minimum atomic E-state index is -0.885. The minimum Gasteiger partial charge on any atom is -0.444 e. The average molecular weight is 298 g/mol. The lowest BCUT2D eigenvalue weighted by atomic mass is 10.0. The molecular weight excluding hydrogens is 278 g/mol. The van der Waals surface area contributed by atoms with Crippen LogP contribution in [0.15, 0.2) is 18.2 Å². The molecule has 1 heterocycles. The van der Waals surface area contributed by atoms with Crippen LogP contribution in [0.3, 0.4) is 0 Å². The molecule has 1 saturated heterocycles. The number of nitrogens with one attached hydrogen (secondary N) is 1. The van der Waals surface area contributed by atoms with Gasteiger partial charge in [0.05, 0.1) is 6.04 Å². The van der Waals surface area contributed by atoms with Crippen LogP contribution in [0.4, 0.5) is 13.6 Å². The summed E-state index contributed by atoms with van der Waals surface area (Å²) in [6, 6.07) is 3.54. The first-order valence-electron chi connectivity index (χ1n) is 6.92. The molecule has 0 aromatic heterocycles. The number of ether oxygens (including phenoxy) is 1. The molecule has 6 heteroatoms. The van der Waals surface area contributed by atoms with Crippen LogP contribution in [0.2, 0.25) is 0 Å². The summed E-state index contributed by atoms with van der Waals surface area (Å²) in [5.74, 6) is -1.76. The lowest BCUT2D eigenvalue weighted by molar-refractivity contribution is 0.0195. The Labute approximate surface area is 123 Å². The van der Waals surface area contributed by atoms with Gasteiger partial charge in [0.25, 0.3) is 0 Å². The number of amides is 1. The van der Waals surface area contributed by atoms with Crippen LogP contribution >= 0.6 is 0 Å². The smallest absolute Gasteiger partial charge is 0.410 e. The molecule has 0 aliphatic carbocycles. The van der Waals surface area contributed by atoms with Crippen molar-refractivity contribution < 1.29 is 18.3 Å². The summed E-state index contributed by atoms with van der Waals surface area (Å²) in [7, 11) is 0. The van der Waals surface area contributed by atoms with Crippen molar-refractivity contribution in [3.63, 3.8) is 0 Å². The minimum absolute atomic E-state index is 0.235. The zero-order valence-corrected chi connectivity index (χ0v) is 12.5. The second-order valence-electron chi connectivity index (χ2n) is 6.11. The van der Waals surface area contributed by atoms with E-state index >= 15 is 0 Å². The van der Waals surface area contributed by atoms with Crippen molar-refractivity contribution in [2.75, 3.05) is 19.6 Å². The van der Waals surface area contributed by atoms with E-state index in [2.05, 4.69) is 5.32 Å². The Kier molecular flexibility index (Phi) is 4.46. The third kappa shape index (κ3) is 4.14. The van der Waals surface area contributed by atoms with Gasteiger partial charge < -0.3 is 15.0 Å². The first-order valence-corrected chi connectivity index (χ1v) is 6.92. The van der Waals surface area contributed by atoms with Gasteiger partial charge in [-0.1, -0.05) is 6.07 Å². The molecule has 0 bridgehead atoms. The Morgan fingerprint density at radius 1 is 1.33 bits per heavy atom. The molecule has 1 amide bonds. The van der Waals surface area contributed by atoms with Crippen molar-refractivity contribution >= 4 is 6.09 Å². The highest BCUT2D eigenvalue weighted by atomic mass is 19.2. The fraction of sp³-hybridized carbons (Fsp3) is 0.533. The maximum atomic E-state index is 13.3. The molecule has 1 fully saturated rings. The van der Waals surface area contributed by atoms with Gasteiger partial charge in [0.2, 0.25) is 0 Å². The van der Waals surface area contributed by atoms with Crippen molar-refractivity contribution in [2.45, 2.75) is 32.4 Å². The van der Waals surface area contributed by atoms with Crippen LogP contribution in [0, 0.1) is 11.6 Å². The van der Waals surface area contributed by atoms with E-state index in [1.54, 1.807) is 25.7 Å². The van der Waals surface area contributed by atoms with Crippen LogP contribution in [0.5, 0.6) is 0 Å². The third-order valence-corrected chi connectivity index (χ3v) is 3.17. The number of carbonyl (C=O) groups excluding carboxylic acids is 1. The van der Waals surface area contributed by atoms with Crippen molar-refractivity contribution in [3.05, 3.63) is 35.4 Å². The number of hydrogen-bond donors (Lipinski definition) is 1. The third-order valence-electron chi connectivity index (χ3n) is 3.17. The molecular formula is C15H20F2N2O2. The van der Waals surface area contributed by atoms with Gasteiger partial charge in [-0.2, -0.15) is 0 Å². The van der Waals surface area contributed by atoms with E-state index in [0.717, 1.165) is 12.1 Å². The van der Waals surface area contributed by atoms with E-state index < -0.39 is 23.3 Å². The van der Waals surface area contributed by atoms with Crippen molar-refractivity contribution in [3.8, 4) is 0 Å². The normalized spacial score (nSPS) is 19.5. The van der Waals surface area contributed by atoms with E-state index in [1.165, 1.54) is 6.07 Å². The maximum absolute atomic E-state index is 13.3. The van der Waals surface area contributed by atoms with Gasteiger partial charge >= 0.3 is 6.09 Å². The zero-order valence-electron chi connectivity index (χ0n) is 12.5. The highest BCUT2D eigenvalue weighted by Crippen LogP contribution is 2.21. The van der Waals surface area contributed by atoms with Gasteiger partial charge in [0, 0.05) is 19.6 Å². The number of carbonyl (C=O) groups is 1. The number of halogens is 2. The molecule has 2 rings (SSSR count). The SMILES string of the molecule is CC(C)(C)OC(=O)N1CCN[C@H](c2ccc(F)c(F)c2)C1. The van der Waals surface area contributed by atoms with Gasteiger partial charge in [0.15, 0.2) is 11.6 Å². The average Bonchev–Trinajstić information content (AvgIpc) is 2.40. The largest absolute Gasteiger partial charge is 0.444 e. The van der Waals surface area contributed by atoms with Gasteiger partial charge in [-0.25, -0.2) is 13.6 Å². The molecule has 1 aromatic rings. The molecule has 1 aliphatic rings. The Hall–Kier alpha value is -1.69. The summed E-state index contributed by atoms with van der Waals surface area (Å²) in [4.78, 5) is 13.6. The van der Waals surface area contributed by atoms with Crippen molar-refractivity contribution in [1.29, 1.82) is 0 Å². The molecule has 21 heavy (non-hydrogen) atoms. The Bertz CT molecular complexity index is 529. The van der Waals surface area contributed by atoms with Gasteiger partial charge in [-0.3, -0.25) is 0 Å².